The van der Waals surface area contributed by atoms with Gasteiger partial charge in [-0.1, -0.05) is 44.2 Å². The summed E-state index contributed by atoms with van der Waals surface area (Å²) in [5.41, 5.74) is 6.97. The number of carbonyl (C=O) groups excluding carboxylic acids is 1. The van der Waals surface area contributed by atoms with Gasteiger partial charge in [-0.2, -0.15) is 0 Å². The summed E-state index contributed by atoms with van der Waals surface area (Å²) in [7, 11) is 0. The van der Waals surface area contributed by atoms with Crippen molar-refractivity contribution in [2.45, 2.75) is 45.7 Å². The molecule has 3 heteroatoms. The summed E-state index contributed by atoms with van der Waals surface area (Å²) >= 11 is 0. The molecule has 100 valence electrons. The number of benzene rings is 1. The second-order valence-electron chi connectivity index (χ2n) is 5.14. The van der Waals surface area contributed by atoms with Crippen molar-refractivity contribution in [3.05, 3.63) is 35.9 Å². The summed E-state index contributed by atoms with van der Waals surface area (Å²) in [6, 6.07) is 10.2. The van der Waals surface area contributed by atoms with Gasteiger partial charge in [0.25, 0.3) is 0 Å². The van der Waals surface area contributed by atoms with E-state index in [0.717, 1.165) is 0 Å². The molecular weight excluding hydrogens is 224 g/mol. The highest BCUT2D eigenvalue weighted by Gasteiger charge is 2.21. The molecule has 1 aromatic carbocycles. The average molecular weight is 248 g/mol. The van der Waals surface area contributed by atoms with Crippen molar-refractivity contribution < 1.29 is 4.79 Å². The van der Waals surface area contributed by atoms with Crippen molar-refractivity contribution in [2.24, 2.45) is 11.7 Å². The Morgan fingerprint density at radius 3 is 2.17 bits per heavy atom. The van der Waals surface area contributed by atoms with Crippen LogP contribution in [0.5, 0.6) is 0 Å². The van der Waals surface area contributed by atoms with Gasteiger partial charge in [-0.05, 0) is 19.4 Å². The molecule has 0 aromatic heterocycles. The number of carbonyl (C=O) groups is 1. The highest BCUT2D eigenvalue weighted by molar-refractivity contribution is 5.79. The summed E-state index contributed by atoms with van der Waals surface area (Å²) < 4.78 is 0. The van der Waals surface area contributed by atoms with Crippen molar-refractivity contribution >= 4 is 5.91 Å². The Morgan fingerprint density at radius 2 is 1.67 bits per heavy atom. The van der Waals surface area contributed by atoms with Crippen molar-refractivity contribution in [3.8, 4) is 0 Å². The summed E-state index contributed by atoms with van der Waals surface area (Å²) in [5.74, 6) is 0.158. The number of amides is 1. The lowest BCUT2D eigenvalue weighted by molar-refractivity contribution is -0.125. The molecule has 18 heavy (non-hydrogen) atoms. The molecule has 1 rings (SSSR count). The van der Waals surface area contributed by atoms with E-state index in [4.69, 9.17) is 5.73 Å². The maximum absolute atomic E-state index is 11.9. The van der Waals surface area contributed by atoms with Crippen LogP contribution >= 0.6 is 0 Å². The van der Waals surface area contributed by atoms with Gasteiger partial charge in [-0.3, -0.25) is 4.79 Å². The number of nitrogens with one attached hydrogen (secondary N) is 1. The first-order valence-electron chi connectivity index (χ1n) is 6.54. The number of nitrogens with two attached hydrogens (primary N) is 1. The molecule has 3 nitrogen and oxygen atoms in total. The van der Waals surface area contributed by atoms with E-state index in [0.29, 0.717) is 0 Å². The third-order valence-corrected chi connectivity index (χ3v) is 3.65. The fourth-order valence-electron chi connectivity index (χ4n) is 1.76. The van der Waals surface area contributed by atoms with E-state index in [2.05, 4.69) is 24.4 Å². The molecule has 0 aliphatic carbocycles. The van der Waals surface area contributed by atoms with Crippen LogP contribution in [-0.2, 0) is 4.79 Å². The van der Waals surface area contributed by atoms with E-state index in [-0.39, 0.29) is 29.8 Å². The maximum atomic E-state index is 11.9. The van der Waals surface area contributed by atoms with E-state index in [1.807, 2.05) is 39.0 Å². The number of hydrogen-bond donors (Lipinski definition) is 2. The normalized spacial score (nSPS) is 17.6. The van der Waals surface area contributed by atoms with E-state index in [9.17, 15) is 4.79 Å². The van der Waals surface area contributed by atoms with E-state index in [1.165, 1.54) is 5.56 Å². The highest BCUT2D eigenvalue weighted by atomic mass is 16.1. The van der Waals surface area contributed by atoms with Crippen LogP contribution in [0.15, 0.2) is 30.3 Å². The van der Waals surface area contributed by atoms with Gasteiger partial charge in [0.1, 0.15) is 0 Å². The van der Waals surface area contributed by atoms with E-state index >= 15 is 0 Å². The third kappa shape index (κ3) is 3.84. The van der Waals surface area contributed by atoms with Crippen molar-refractivity contribution in [1.29, 1.82) is 0 Å². The zero-order chi connectivity index (χ0) is 13.7. The van der Waals surface area contributed by atoms with E-state index < -0.39 is 0 Å². The Bertz CT molecular complexity index is 375. The average Bonchev–Trinajstić information content (AvgIpc) is 2.37. The molecule has 0 saturated heterocycles. The molecule has 0 aliphatic heterocycles. The molecule has 0 radical (unpaired) electrons. The molecule has 4 unspecified atom stereocenters. The smallest absolute Gasteiger partial charge is 0.224 e. The van der Waals surface area contributed by atoms with Crippen LogP contribution < -0.4 is 11.1 Å². The van der Waals surface area contributed by atoms with Gasteiger partial charge in [-0.15, -0.1) is 0 Å². The van der Waals surface area contributed by atoms with Gasteiger partial charge in [0, 0.05) is 23.9 Å². The van der Waals surface area contributed by atoms with Gasteiger partial charge >= 0.3 is 0 Å². The van der Waals surface area contributed by atoms with Gasteiger partial charge in [0.2, 0.25) is 5.91 Å². The zero-order valence-corrected chi connectivity index (χ0v) is 11.7. The maximum Gasteiger partial charge on any atom is 0.224 e. The molecule has 0 fully saturated rings. The van der Waals surface area contributed by atoms with Gasteiger partial charge in [-0.25, -0.2) is 0 Å². The number of rotatable bonds is 5. The van der Waals surface area contributed by atoms with Crippen LogP contribution in [0.4, 0.5) is 0 Å². The molecule has 0 spiro atoms. The Morgan fingerprint density at radius 1 is 1.11 bits per heavy atom. The summed E-state index contributed by atoms with van der Waals surface area (Å²) in [6.45, 7) is 7.87. The molecule has 0 heterocycles. The Labute approximate surface area is 110 Å². The molecule has 0 saturated carbocycles. The molecule has 0 bridgehead atoms. The molecule has 1 aromatic rings. The molecular formula is C15H24N2O. The Kier molecular flexibility index (Phi) is 5.35. The van der Waals surface area contributed by atoms with Crippen LogP contribution in [0.3, 0.4) is 0 Å². The first kappa shape index (κ1) is 14.7. The van der Waals surface area contributed by atoms with Crippen LogP contribution in [0, 0.1) is 5.92 Å². The van der Waals surface area contributed by atoms with Gasteiger partial charge < -0.3 is 11.1 Å². The van der Waals surface area contributed by atoms with Crippen molar-refractivity contribution in [1.82, 2.24) is 5.32 Å². The summed E-state index contributed by atoms with van der Waals surface area (Å²) in [6.07, 6.45) is 0. The first-order chi connectivity index (χ1) is 8.43. The topological polar surface area (TPSA) is 55.1 Å². The minimum Gasteiger partial charge on any atom is -0.353 e. The zero-order valence-electron chi connectivity index (χ0n) is 11.7. The Hall–Kier alpha value is -1.35. The standard InChI is InChI=1S/C15H24N2O/c1-10(12(3)16)15(18)17-13(4)11(2)14-8-6-5-7-9-14/h5-13H,16H2,1-4H3,(H,17,18). The minimum atomic E-state index is -0.157. The predicted molar refractivity (Wildman–Crippen MR) is 75.3 cm³/mol. The van der Waals surface area contributed by atoms with Crippen molar-refractivity contribution in [2.75, 3.05) is 0 Å². The molecule has 3 N–H and O–H groups in total. The minimum absolute atomic E-state index is 0.0280. The second-order valence-corrected chi connectivity index (χ2v) is 5.14. The van der Waals surface area contributed by atoms with Crippen molar-refractivity contribution in [3.63, 3.8) is 0 Å². The largest absolute Gasteiger partial charge is 0.353 e. The van der Waals surface area contributed by atoms with Crippen LogP contribution in [-0.4, -0.2) is 18.0 Å². The lowest BCUT2D eigenvalue weighted by Crippen LogP contribution is -2.44. The Balaban J connectivity index is 2.60. The summed E-state index contributed by atoms with van der Waals surface area (Å²) in [5, 5.41) is 3.04. The third-order valence-electron chi connectivity index (χ3n) is 3.65. The SMILES string of the molecule is CC(N)C(C)C(=O)NC(C)C(C)c1ccccc1. The van der Waals surface area contributed by atoms with Gasteiger partial charge in [0.15, 0.2) is 0 Å². The van der Waals surface area contributed by atoms with Crippen LogP contribution in [0.1, 0.15) is 39.2 Å². The van der Waals surface area contributed by atoms with Crippen LogP contribution in [0.2, 0.25) is 0 Å². The fraction of sp³-hybridized carbons (Fsp3) is 0.533. The van der Waals surface area contributed by atoms with E-state index in [1.54, 1.807) is 0 Å². The van der Waals surface area contributed by atoms with Crippen LogP contribution in [0.25, 0.3) is 0 Å². The molecule has 1 amide bonds. The lowest BCUT2D eigenvalue weighted by atomic mass is 9.93. The van der Waals surface area contributed by atoms with Gasteiger partial charge in [0.05, 0.1) is 0 Å². The predicted octanol–water partition coefficient (Wildman–Crippen LogP) is 2.28. The number of hydrogen-bond acceptors (Lipinski definition) is 2. The lowest BCUT2D eigenvalue weighted by Gasteiger charge is -2.24. The molecule has 4 atom stereocenters. The molecule has 0 aliphatic rings. The fourth-order valence-corrected chi connectivity index (χ4v) is 1.76. The quantitative estimate of drug-likeness (QED) is 0.840. The first-order valence-corrected chi connectivity index (χ1v) is 6.54. The monoisotopic (exact) mass is 248 g/mol. The second kappa shape index (κ2) is 6.55. The summed E-state index contributed by atoms with van der Waals surface area (Å²) in [4.78, 5) is 11.9. The highest BCUT2D eigenvalue weighted by Crippen LogP contribution is 2.18.